The number of aliphatic hydroxyl groups excluding tert-OH is 1. The van der Waals surface area contributed by atoms with E-state index in [9.17, 15) is 10.2 Å². The number of hydrogen-bond acceptors (Lipinski definition) is 4. The van der Waals surface area contributed by atoms with Crippen molar-refractivity contribution in [1.82, 2.24) is 4.90 Å². The maximum Gasteiger partial charge on any atom is 0.117 e. The van der Waals surface area contributed by atoms with Crippen LogP contribution in [0.25, 0.3) is 0 Å². The molecular formula is C24H26Cl2N2O2. The quantitative estimate of drug-likeness (QED) is 0.368. The first-order valence-corrected chi connectivity index (χ1v) is 10.6. The van der Waals surface area contributed by atoms with E-state index in [0.29, 0.717) is 23.1 Å². The molecule has 0 spiro atoms. The molecule has 3 rings (SSSR count). The standard InChI is InChI=1S/C24H26Cl2N2O2/c1-17(16-29)28(14-18-5-3-2-4-6-18)15-24(19-7-9-20(25)10-8-19)27-23-12-11-21(30)13-22(23)26/h2-13,17,24,27,29-30H,14-16H2,1H3/t17?,24-/m0/s1. The predicted molar refractivity (Wildman–Crippen MR) is 124 cm³/mol. The van der Waals surface area contributed by atoms with Crippen LogP contribution in [0.15, 0.2) is 72.8 Å². The zero-order valence-electron chi connectivity index (χ0n) is 16.8. The number of nitrogens with one attached hydrogen (secondary N) is 1. The molecule has 0 fully saturated rings. The molecule has 0 radical (unpaired) electrons. The minimum absolute atomic E-state index is 0.0305. The summed E-state index contributed by atoms with van der Waals surface area (Å²) in [5.41, 5.74) is 2.95. The summed E-state index contributed by atoms with van der Waals surface area (Å²) in [5.74, 6) is 0.119. The van der Waals surface area contributed by atoms with Crippen LogP contribution in [0.3, 0.4) is 0 Å². The highest BCUT2D eigenvalue weighted by Gasteiger charge is 2.21. The van der Waals surface area contributed by atoms with Crippen molar-refractivity contribution in [2.75, 3.05) is 18.5 Å². The Labute approximate surface area is 187 Å². The summed E-state index contributed by atoms with van der Waals surface area (Å²) in [6.07, 6.45) is 0. The first kappa shape index (κ1) is 22.4. The molecule has 6 heteroatoms. The number of halogens is 2. The maximum atomic E-state index is 9.84. The van der Waals surface area contributed by atoms with Crippen molar-refractivity contribution in [3.63, 3.8) is 0 Å². The molecule has 3 N–H and O–H groups in total. The molecular weight excluding hydrogens is 419 g/mol. The summed E-state index contributed by atoms with van der Waals surface area (Å²) in [6, 6.07) is 22.6. The van der Waals surface area contributed by atoms with Crippen LogP contribution in [0.1, 0.15) is 24.1 Å². The van der Waals surface area contributed by atoms with Crippen molar-refractivity contribution in [2.24, 2.45) is 0 Å². The van der Waals surface area contributed by atoms with Gasteiger partial charge in [0.05, 0.1) is 23.4 Å². The van der Waals surface area contributed by atoms with Crippen LogP contribution in [0, 0.1) is 0 Å². The summed E-state index contributed by atoms with van der Waals surface area (Å²) in [5, 5.41) is 24.1. The van der Waals surface area contributed by atoms with Crippen molar-refractivity contribution in [1.29, 1.82) is 0 Å². The molecule has 4 nitrogen and oxygen atoms in total. The molecule has 0 amide bonds. The van der Waals surface area contributed by atoms with Gasteiger partial charge in [0.15, 0.2) is 0 Å². The van der Waals surface area contributed by atoms with Gasteiger partial charge in [0.1, 0.15) is 5.75 Å². The molecule has 0 saturated heterocycles. The van der Waals surface area contributed by atoms with Gasteiger partial charge in [-0.25, -0.2) is 0 Å². The fourth-order valence-electron chi connectivity index (χ4n) is 3.31. The summed E-state index contributed by atoms with van der Waals surface area (Å²) in [7, 11) is 0. The van der Waals surface area contributed by atoms with Crippen LogP contribution in [0.5, 0.6) is 5.75 Å². The van der Waals surface area contributed by atoms with Gasteiger partial charge < -0.3 is 15.5 Å². The topological polar surface area (TPSA) is 55.7 Å². The van der Waals surface area contributed by atoms with Gasteiger partial charge in [-0.05, 0) is 42.3 Å². The normalized spacial score (nSPS) is 13.2. The Bertz CT molecular complexity index is 936. The smallest absolute Gasteiger partial charge is 0.117 e. The van der Waals surface area contributed by atoms with Crippen molar-refractivity contribution in [2.45, 2.75) is 25.6 Å². The first-order valence-electron chi connectivity index (χ1n) is 9.85. The molecule has 0 saturated carbocycles. The zero-order chi connectivity index (χ0) is 21.5. The zero-order valence-corrected chi connectivity index (χ0v) is 18.3. The van der Waals surface area contributed by atoms with E-state index in [2.05, 4.69) is 22.3 Å². The van der Waals surface area contributed by atoms with Crippen LogP contribution >= 0.6 is 23.2 Å². The van der Waals surface area contributed by atoms with Crippen LogP contribution in [0.4, 0.5) is 5.69 Å². The summed E-state index contributed by atoms with van der Waals surface area (Å²) >= 11 is 12.4. The Morgan fingerprint density at radius 2 is 1.67 bits per heavy atom. The van der Waals surface area contributed by atoms with Gasteiger partial charge in [0.25, 0.3) is 0 Å². The second-order valence-electron chi connectivity index (χ2n) is 7.36. The van der Waals surface area contributed by atoms with Crippen molar-refractivity contribution in [3.8, 4) is 5.75 Å². The van der Waals surface area contributed by atoms with E-state index in [-0.39, 0.29) is 24.4 Å². The number of hydrogen-bond donors (Lipinski definition) is 3. The third-order valence-corrected chi connectivity index (χ3v) is 5.65. The Morgan fingerprint density at radius 1 is 0.967 bits per heavy atom. The molecule has 0 heterocycles. The number of phenolic OH excluding ortho intramolecular Hbond substituents is 1. The van der Waals surface area contributed by atoms with Gasteiger partial charge in [-0.3, -0.25) is 4.90 Å². The molecule has 30 heavy (non-hydrogen) atoms. The highest BCUT2D eigenvalue weighted by Crippen LogP contribution is 2.30. The number of nitrogens with zero attached hydrogens (tertiary/aromatic N) is 1. The van der Waals surface area contributed by atoms with Gasteiger partial charge in [-0.2, -0.15) is 0 Å². The Kier molecular flexibility index (Phi) is 8.00. The lowest BCUT2D eigenvalue weighted by molar-refractivity contribution is 0.123. The average Bonchev–Trinajstić information content (AvgIpc) is 2.75. The molecule has 3 aromatic carbocycles. The van der Waals surface area contributed by atoms with Crippen molar-refractivity contribution in [3.05, 3.63) is 94.0 Å². The second-order valence-corrected chi connectivity index (χ2v) is 8.20. The lowest BCUT2D eigenvalue weighted by Crippen LogP contribution is -2.39. The van der Waals surface area contributed by atoms with E-state index in [1.807, 2.05) is 49.4 Å². The second kappa shape index (κ2) is 10.7. The van der Waals surface area contributed by atoms with Crippen LogP contribution in [-0.2, 0) is 6.54 Å². The van der Waals surface area contributed by atoms with Crippen LogP contribution in [-0.4, -0.2) is 34.3 Å². The number of phenols is 1. The fourth-order valence-corrected chi connectivity index (χ4v) is 3.66. The number of aromatic hydroxyl groups is 1. The third kappa shape index (κ3) is 6.13. The van der Waals surface area contributed by atoms with Gasteiger partial charge in [-0.1, -0.05) is 65.7 Å². The monoisotopic (exact) mass is 444 g/mol. The number of anilines is 1. The van der Waals surface area contributed by atoms with Crippen LogP contribution in [0.2, 0.25) is 10.0 Å². The molecule has 0 bridgehead atoms. The molecule has 0 aliphatic carbocycles. The molecule has 1 unspecified atom stereocenters. The largest absolute Gasteiger partial charge is 0.508 e. The average molecular weight is 445 g/mol. The summed E-state index contributed by atoms with van der Waals surface area (Å²) in [4.78, 5) is 2.23. The minimum atomic E-state index is -0.109. The SMILES string of the molecule is CC(CO)N(Cc1ccccc1)C[C@H](Nc1ccc(O)cc1Cl)c1ccc(Cl)cc1. The van der Waals surface area contributed by atoms with E-state index in [1.165, 1.54) is 11.6 Å². The van der Waals surface area contributed by atoms with Crippen LogP contribution < -0.4 is 5.32 Å². The molecule has 158 valence electrons. The predicted octanol–water partition coefficient (Wildman–Crippen LogP) is 5.74. The van der Waals surface area contributed by atoms with Gasteiger partial charge in [0, 0.05) is 30.2 Å². The minimum Gasteiger partial charge on any atom is -0.508 e. The van der Waals surface area contributed by atoms with E-state index in [1.54, 1.807) is 12.1 Å². The third-order valence-electron chi connectivity index (χ3n) is 5.09. The number of rotatable bonds is 9. The van der Waals surface area contributed by atoms with Gasteiger partial charge >= 0.3 is 0 Å². The summed E-state index contributed by atoms with van der Waals surface area (Å²) in [6.45, 7) is 3.41. The summed E-state index contributed by atoms with van der Waals surface area (Å²) < 4.78 is 0. The Balaban J connectivity index is 1.89. The Morgan fingerprint density at radius 3 is 2.30 bits per heavy atom. The number of benzene rings is 3. The molecule has 3 aromatic rings. The first-order chi connectivity index (χ1) is 14.5. The van der Waals surface area contributed by atoms with Crippen molar-refractivity contribution >= 4 is 28.9 Å². The van der Waals surface area contributed by atoms with E-state index < -0.39 is 0 Å². The molecule has 0 aliphatic rings. The number of aliphatic hydroxyl groups is 1. The van der Waals surface area contributed by atoms with E-state index >= 15 is 0 Å². The fraction of sp³-hybridized carbons (Fsp3) is 0.250. The lowest BCUT2D eigenvalue weighted by atomic mass is 10.0. The van der Waals surface area contributed by atoms with E-state index in [4.69, 9.17) is 23.2 Å². The molecule has 0 aliphatic heterocycles. The van der Waals surface area contributed by atoms with Gasteiger partial charge in [0.2, 0.25) is 0 Å². The molecule has 2 atom stereocenters. The molecule has 0 aromatic heterocycles. The van der Waals surface area contributed by atoms with Gasteiger partial charge in [-0.15, -0.1) is 0 Å². The highest BCUT2D eigenvalue weighted by molar-refractivity contribution is 6.33. The maximum absolute atomic E-state index is 9.84. The highest BCUT2D eigenvalue weighted by atomic mass is 35.5. The van der Waals surface area contributed by atoms with Crippen molar-refractivity contribution < 1.29 is 10.2 Å². The lowest BCUT2D eigenvalue weighted by Gasteiger charge is -2.33. The Hall–Kier alpha value is -2.24. The van der Waals surface area contributed by atoms with E-state index in [0.717, 1.165) is 11.3 Å².